The summed E-state index contributed by atoms with van der Waals surface area (Å²) >= 11 is 0. The van der Waals surface area contributed by atoms with Crippen LogP contribution in [0.25, 0.3) is 0 Å². The number of ether oxygens (including phenoxy) is 2. The summed E-state index contributed by atoms with van der Waals surface area (Å²) in [4.78, 5) is 14.2. The van der Waals surface area contributed by atoms with Crippen LogP contribution in [0.5, 0.6) is 5.75 Å². The average Bonchev–Trinajstić information content (AvgIpc) is 2.35. The third kappa shape index (κ3) is 4.76. The zero-order chi connectivity index (χ0) is 17.1. The topological polar surface area (TPSA) is 74.4 Å². The third-order valence-corrected chi connectivity index (χ3v) is 2.41. The molecule has 0 radical (unpaired) electrons. The first-order valence-electron chi connectivity index (χ1n) is 5.60. The summed E-state index contributed by atoms with van der Waals surface area (Å²) < 4.78 is 82.6. The molecule has 0 aromatic carbocycles. The molecule has 2 N–H and O–H groups in total. The molecule has 22 heavy (non-hydrogen) atoms. The van der Waals surface area contributed by atoms with Gasteiger partial charge in [0.2, 0.25) is 0 Å². The summed E-state index contributed by atoms with van der Waals surface area (Å²) in [5.74, 6) is -2.44. The van der Waals surface area contributed by atoms with E-state index in [1.165, 1.54) is 0 Å². The second-order valence-corrected chi connectivity index (χ2v) is 3.94. The monoisotopic (exact) mass is 332 g/mol. The number of esters is 1. The largest absolute Gasteiger partial charge is 0.573 e. The zero-order valence-corrected chi connectivity index (χ0v) is 11.0. The number of hydrogen-bond donors (Lipinski definition) is 1. The van der Waals surface area contributed by atoms with E-state index >= 15 is 0 Å². The summed E-state index contributed by atoms with van der Waals surface area (Å²) in [5, 5.41) is 0. The minimum atomic E-state index is -5.35. The highest BCUT2D eigenvalue weighted by molar-refractivity contribution is 5.73. The number of hydrogen-bond acceptors (Lipinski definition) is 5. The van der Waals surface area contributed by atoms with Crippen molar-refractivity contribution in [2.75, 3.05) is 7.11 Å². The van der Waals surface area contributed by atoms with Crippen molar-refractivity contribution in [1.82, 2.24) is 4.98 Å². The van der Waals surface area contributed by atoms with Crippen LogP contribution in [0.15, 0.2) is 6.07 Å². The molecular formula is C11H10F6N2O3. The van der Waals surface area contributed by atoms with E-state index in [4.69, 9.17) is 5.73 Å². The molecule has 0 unspecified atom stereocenters. The van der Waals surface area contributed by atoms with E-state index in [0.29, 0.717) is 6.07 Å². The van der Waals surface area contributed by atoms with E-state index in [-0.39, 0.29) is 11.3 Å². The van der Waals surface area contributed by atoms with Crippen LogP contribution in [0.1, 0.15) is 17.0 Å². The molecule has 11 heteroatoms. The number of carbonyl (C=O) groups excluding carboxylic acids is 1. The number of carbonyl (C=O) groups is 1. The maximum Gasteiger partial charge on any atom is 0.573 e. The van der Waals surface area contributed by atoms with Crippen molar-refractivity contribution >= 4 is 5.97 Å². The summed E-state index contributed by atoms with van der Waals surface area (Å²) in [5.41, 5.74) is 2.71. The van der Waals surface area contributed by atoms with Gasteiger partial charge in [0, 0.05) is 6.54 Å². The van der Waals surface area contributed by atoms with Crippen LogP contribution in [0, 0.1) is 0 Å². The lowest BCUT2D eigenvalue weighted by molar-refractivity contribution is -0.276. The number of aromatic nitrogens is 1. The number of alkyl halides is 6. The Kier molecular flexibility index (Phi) is 5.22. The van der Waals surface area contributed by atoms with E-state index in [1.807, 2.05) is 0 Å². The van der Waals surface area contributed by atoms with Crippen LogP contribution < -0.4 is 10.5 Å². The number of rotatable bonds is 4. The zero-order valence-electron chi connectivity index (χ0n) is 11.0. The van der Waals surface area contributed by atoms with Crippen molar-refractivity contribution < 1.29 is 40.6 Å². The predicted octanol–water partition coefficient (Wildman–Crippen LogP) is 2.17. The van der Waals surface area contributed by atoms with Crippen LogP contribution in [0.2, 0.25) is 0 Å². The average molecular weight is 332 g/mol. The van der Waals surface area contributed by atoms with Crippen molar-refractivity contribution in [3.8, 4) is 5.75 Å². The van der Waals surface area contributed by atoms with Crippen LogP contribution in [-0.2, 0) is 28.7 Å². The lowest BCUT2D eigenvalue weighted by Crippen LogP contribution is -2.23. The SMILES string of the molecule is COC(=O)Cc1cc(OC(F)(F)F)c(C(F)(F)F)nc1CN. The smallest absolute Gasteiger partial charge is 0.469 e. The van der Waals surface area contributed by atoms with Crippen molar-refractivity contribution in [1.29, 1.82) is 0 Å². The Hall–Kier alpha value is -2.04. The van der Waals surface area contributed by atoms with Crippen molar-refractivity contribution in [2.24, 2.45) is 5.73 Å². The molecule has 0 bridgehead atoms. The first-order valence-corrected chi connectivity index (χ1v) is 5.60. The molecular weight excluding hydrogens is 322 g/mol. The number of pyridine rings is 1. The maximum absolute atomic E-state index is 12.8. The molecule has 1 aromatic heterocycles. The van der Waals surface area contributed by atoms with Gasteiger partial charge in [0.15, 0.2) is 11.4 Å². The van der Waals surface area contributed by atoms with Gasteiger partial charge in [-0.15, -0.1) is 13.2 Å². The number of halogens is 6. The van der Waals surface area contributed by atoms with Gasteiger partial charge < -0.3 is 15.2 Å². The van der Waals surface area contributed by atoms with Crippen molar-refractivity contribution in [2.45, 2.75) is 25.5 Å². The molecule has 0 saturated carbocycles. The van der Waals surface area contributed by atoms with Gasteiger partial charge in [-0.25, -0.2) is 4.98 Å². The fourth-order valence-electron chi connectivity index (χ4n) is 1.53. The van der Waals surface area contributed by atoms with Crippen molar-refractivity contribution in [3.05, 3.63) is 23.0 Å². The maximum atomic E-state index is 12.8. The van der Waals surface area contributed by atoms with Crippen LogP contribution in [-0.4, -0.2) is 24.4 Å². The molecule has 0 fully saturated rings. The lowest BCUT2D eigenvalue weighted by Gasteiger charge is -2.17. The van der Waals surface area contributed by atoms with Crippen LogP contribution >= 0.6 is 0 Å². The van der Waals surface area contributed by atoms with E-state index in [0.717, 1.165) is 7.11 Å². The second kappa shape index (κ2) is 6.38. The second-order valence-electron chi connectivity index (χ2n) is 3.94. The summed E-state index contributed by atoms with van der Waals surface area (Å²) in [6.45, 7) is -0.512. The van der Waals surface area contributed by atoms with Gasteiger partial charge in [0.25, 0.3) is 0 Å². The fourth-order valence-corrected chi connectivity index (χ4v) is 1.53. The number of nitrogens with two attached hydrogens (primary N) is 1. The van der Waals surface area contributed by atoms with Gasteiger partial charge >= 0.3 is 18.5 Å². The molecule has 0 aliphatic heterocycles. The fraction of sp³-hybridized carbons (Fsp3) is 0.455. The molecule has 0 saturated heterocycles. The van der Waals surface area contributed by atoms with Gasteiger partial charge in [0.05, 0.1) is 19.2 Å². The van der Waals surface area contributed by atoms with Crippen LogP contribution in [0.3, 0.4) is 0 Å². The molecule has 0 amide bonds. The molecule has 5 nitrogen and oxygen atoms in total. The summed E-state index contributed by atoms with van der Waals surface area (Å²) in [6, 6.07) is 0.433. The number of methoxy groups -OCH3 is 1. The Morgan fingerprint density at radius 1 is 1.27 bits per heavy atom. The highest BCUT2D eigenvalue weighted by Gasteiger charge is 2.41. The van der Waals surface area contributed by atoms with E-state index in [2.05, 4.69) is 14.5 Å². The van der Waals surface area contributed by atoms with Gasteiger partial charge in [-0.1, -0.05) is 0 Å². The molecule has 0 spiro atoms. The van der Waals surface area contributed by atoms with E-state index < -0.39 is 42.9 Å². The Bertz CT molecular complexity index is 556. The van der Waals surface area contributed by atoms with Gasteiger partial charge in [-0.3, -0.25) is 4.79 Å². The van der Waals surface area contributed by atoms with E-state index in [1.54, 1.807) is 0 Å². The van der Waals surface area contributed by atoms with Gasteiger partial charge in [-0.05, 0) is 11.6 Å². The molecule has 1 rings (SSSR count). The van der Waals surface area contributed by atoms with Crippen LogP contribution in [0.4, 0.5) is 26.3 Å². The lowest BCUT2D eigenvalue weighted by atomic mass is 10.1. The van der Waals surface area contributed by atoms with E-state index in [9.17, 15) is 31.1 Å². The normalized spacial score (nSPS) is 12.2. The minimum Gasteiger partial charge on any atom is -0.469 e. The quantitative estimate of drug-likeness (QED) is 0.676. The Balaban J connectivity index is 3.42. The highest BCUT2D eigenvalue weighted by atomic mass is 19.4. The first-order chi connectivity index (χ1) is 9.97. The Morgan fingerprint density at radius 3 is 2.27 bits per heavy atom. The Labute approximate surface area is 120 Å². The highest BCUT2D eigenvalue weighted by Crippen LogP contribution is 2.38. The minimum absolute atomic E-state index is 0.249. The standard InChI is InChI=1S/C11H10F6N2O3/c1-21-8(20)3-5-2-7(22-11(15,16)17)9(10(12,13)14)19-6(5)4-18/h2H,3-4,18H2,1H3. The van der Waals surface area contributed by atoms with Gasteiger partial charge in [-0.2, -0.15) is 13.2 Å². The first kappa shape index (κ1) is 18.0. The molecule has 124 valence electrons. The third-order valence-electron chi connectivity index (χ3n) is 2.41. The van der Waals surface area contributed by atoms with Gasteiger partial charge in [0.1, 0.15) is 0 Å². The Morgan fingerprint density at radius 2 is 1.86 bits per heavy atom. The summed E-state index contributed by atoms with van der Waals surface area (Å²) in [7, 11) is 1.01. The van der Waals surface area contributed by atoms with Crippen molar-refractivity contribution in [3.63, 3.8) is 0 Å². The molecule has 0 atom stereocenters. The predicted molar refractivity (Wildman–Crippen MR) is 59.5 cm³/mol. The molecule has 0 aliphatic carbocycles. The molecule has 1 heterocycles. The molecule has 0 aliphatic rings. The summed E-state index contributed by atoms with van der Waals surface area (Å²) in [6.07, 6.45) is -11.1. The number of nitrogens with zero attached hydrogens (tertiary/aromatic N) is 1. The molecule has 1 aromatic rings.